The summed E-state index contributed by atoms with van der Waals surface area (Å²) in [5, 5.41) is 0.563. The Balaban J connectivity index is 2.33. The molecule has 18 heavy (non-hydrogen) atoms. The van der Waals surface area contributed by atoms with Crippen LogP contribution in [0.25, 0.3) is 0 Å². The summed E-state index contributed by atoms with van der Waals surface area (Å²) in [5.41, 5.74) is 0. The standard InChI is InChI=1S/C12H18N2O2S2/c1-3-10-9-14(7-8-17-10)12-11(18(2,15)16)5-4-6-13-12/h4-6,10H,3,7-9H2,1-2H3. The normalized spacial score (nSPS) is 21.0. The fourth-order valence-corrected chi connectivity index (χ4v) is 4.09. The van der Waals surface area contributed by atoms with Crippen LogP contribution in [0.1, 0.15) is 13.3 Å². The maximum atomic E-state index is 11.8. The van der Waals surface area contributed by atoms with Crippen molar-refractivity contribution in [2.75, 3.05) is 30.0 Å². The Morgan fingerprint density at radius 1 is 1.56 bits per heavy atom. The van der Waals surface area contributed by atoms with E-state index in [1.54, 1.807) is 18.3 Å². The molecule has 1 aliphatic rings. The average Bonchev–Trinajstić information content (AvgIpc) is 2.38. The van der Waals surface area contributed by atoms with Crippen molar-refractivity contribution in [3.8, 4) is 0 Å². The number of thioether (sulfide) groups is 1. The predicted octanol–water partition coefficient (Wildman–Crippen LogP) is 1.82. The molecule has 1 aliphatic heterocycles. The number of sulfone groups is 1. The topological polar surface area (TPSA) is 50.3 Å². The number of pyridine rings is 1. The van der Waals surface area contributed by atoms with Crippen molar-refractivity contribution >= 4 is 27.4 Å². The van der Waals surface area contributed by atoms with Gasteiger partial charge in [0.15, 0.2) is 9.84 Å². The summed E-state index contributed by atoms with van der Waals surface area (Å²) in [6.45, 7) is 3.90. The quantitative estimate of drug-likeness (QED) is 0.848. The predicted molar refractivity (Wildman–Crippen MR) is 76.1 cm³/mol. The van der Waals surface area contributed by atoms with Gasteiger partial charge in [0, 0.05) is 36.5 Å². The highest BCUT2D eigenvalue weighted by Crippen LogP contribution is 2.28. The number of hydrogen-bond acceptors (Lipinski definition) is 5. The van der Waals surface area contributed by atoms with Gasteiger partial charge in [-0.15, -0.1) is 0 Å². The number of nitrogens with zero attached hydrogens (tertiary/aromatic N) is 2. The van der Waals surface area contributed by atoms with E-state index < -0.39 is 9.84 Å². The lowest BCUT2D eigenvalue weighted by atomic mass is 10.3. The number of rotatable bonds is 3. The van der Waals surface area contributed by atoms with Gasteiger partial charge in [0.1, 0.15) is 10.7 Å². The smallest absolute Gasteiger partial charge is 0.179 e. The molecule has 1 atom stereocenters. The highest BCUT2D eigenvalue weighted by atomic mass is 32.2. The fourth-order valence-electron chi connectivity index (χ4n) is 2.07. The van der Waals surface area contributed by atoms with Gasteiger partial charge in [-0.2, -0.15) is 11.8 Å². The summed E-state index contributed by atoms with van der Waals surface area (Å²) in [6.07, 6.45) is 4.00. The van der Waals surface area contributed by atoms with Crippen molar-refractivity contribution in [1.82, 2.24) is 4.98 Å². The van der Waals surface area contributed by atoms with Crippen LogP contribution in [0.4, 0.5) is 5.82 Å². The van der Waals surface area contributed by atoms with Gasteiger partial charge in [0.05, 0.1) is 0 Å². The zero-order chi connectivity index (χ0) is 13.2. The molecule has 0 amide bonds. The molecular formula is C12H18N2O2S2. The van der Waals surface area contributed by atoms with Crippen molar-refractivity contribution < 1.29 is 8.42 Å². The third-order valence-corrected chi connectivity index (χ3v) is 5.53. The van der Waals surface area contributed by atoms with Crippen molar-refractivity contribution in [2.24, 2.45) is 0 Å². The van der Waals surface area contributed by atoms with E-state index in [4.69, 9.17) is 0 Å². The maximum Gasteiger partial charge on any atom is 0.179 e. The highest BCUT2D eigenvalue weighted by molar-refractivity contribution is 8.00. The molecule has 2 rings (SSSR count). The lowest BCUT2D eigenvalue weighted by Crippen LogP contribution is -2.38. The van der Waals surface area contributed by atoms with Gasteiger partial charge in [-0.3, -0.25) is 0 Å². The van der Waals surface area contributed by atoms with Crippen molar-refractivity contribution in [1.29, 1.82) is 0 Å². The molecule has 1 fully saturated rings. The van der Waals surface area contributed by atoms with Crippen LogP contribution in [-0.4, -0.2) is 43.7 Å². The van der Waals surface area contributed by atoms with Gasteiger partial charge >= 0.3 is 0 Å². The second-order valence-corrected chi connectivity index (χ2v) is 7.84. The average molecular weight is 286 g/mol. The van der Waals surface area contributed by atoms with Gasteiger partial charge < -0.3 is 4.90 Å². The Kier molecular flexibility index (Phi) is 4.17. The molecule has 4 nitrogen and oxygen atoms in total. The summed E-state index contributed by atoms with van der Waals surface area (Å²) in [4.78, 5) is 6.71. The molecule has 2 heterocycles. The number of anilines is 1. The summed E-state index contributed by atoms with van der Waals surface area (Å²) in [5.74, 6) is 1.64. The molecule has 0 saturated carbocycles. The molecule has 0 bridgehead atoms. The largest absolute Gasteiger partial charge is 0.354 e. The van der Waals surface area contributed by atoms with Crippen LogP contribution < -0.4 is 4.90 Å². The lowest BCUT2D eigenvalue weighted by molar-refractivity contribution is 0.600. The molecule has 6 heteroatoms. The molecule has 1 unspecified atom stereocenters. The summed E-state index contributed by atoms with van der Waals surface area (Å²) < 4.78 is 23.6. The van der Waals surface area contributed by atoms with Gasteiger partial charge in [0.2, 0.25) is 0 Å². The van der Waals surface area contributed by atoms with Crippen LogP contribution in [0.3, 0.4) is 0 Å². The van der Waals surface area contributed by atoms with Crippen LogP contribution in [0.2, 0.25) is 0 Å². The Hall–Kier alpha value is -0.750. The molecule has 0 spiro atoms. The first-order valence-electron chi connectivity index (χ1n) is 6.04. The van der Waals surface area contributed by atoms with E-state index in [0.29, 0.717) is 16.0 Å². The second-order valence-electron chi connectivity index (χ2n) is 4.44. The summed E-state index contributed by atoms with van der Waals surface area (Å²) in [6, 6.07) is 3.32. The third-order valence-electron chi connectivity index (χ3n) is 3.04. The Bertz CT molecular complexity index is 517. The molecule has 1 aromatic heterocycles. The SMILES string of the molecule is CCC1CN(c2ncccc2S(C)(=O)=O)CCS1. The van der Waals surface area contributed by atoms with E-state index in [1.807, 2.05) is 11.8 Å². The zero-order valence-corrected chi connectivity index (χ0v) is 12.3. The molecule has 1 saturated heterocycles. The lowest BCUT2D eigenvalue weighted by Gasteiger charge is -2.33. The van der Waals surface area contributed by atoms with Crippen LogP contribution in [0.5, 0.6) is 0 Å². The van der Waals surface area contributed by atoms with Crippen molar-refractivity contribution in [2.45, 2.75) is 23.5 Å². The number of hydrogen-bond donors (Lipinski definition) is 0. The van der Waals surface area contributed by atoms with Crippen molar-refractivity contribution in [3.63, 3.8) is 0 Å². The van der Waals surface area contributed by atoms with E-state index >= 15 is 0 Å². The third kappa shape index (κ3) is 2.98. The first-order valence-corrected chi connectivity index (χ1v) is 8.98. The molecular weight excluding hydrogens is 268 g/mol. The molecule has 0 aliphatic carbocycles. The Labute approximate surface area is 113 Å². The minimum atomic E-state index is -3.22. The first kappa shape index (κ1) is 13.7. The van der Waals surface area contributed by atoms with Gasteiger partial charge in [-0.1, -0.05) is 6.92 Å². The van der Waals surface area contributed by atoms with Gasteiger partial charge in [0.25, 0.3) is 0 Å². The van der Waals surface area contributed by atoms with Crippen molar-refractivity contribution in [3.05, 3.63) is 18.3 Å². The Morgan fingerprint density at radius 2 is 2.33 bits per heavy atom. The monoisotopic (exact) mass is 286 g/mol. The molecule has 0 N–H and O–H groups in total. The molecule has 0 radical (unpaired) electrons. The van der Waals surface area contributed by atoms with Gasteiger partial charge in [-0.05, 0) is 18.6 Å². The minimum Gasteiger partial charge on any atom is -0.354 e. The fraction of sp³-hybridized carbons (Fsp3) is 0.583. The van der Waals surface area contributed by atoms with E-state index in [1.165, 1.54) is 6.26 Å². The highest BCUT2D eigenvalue weighted by Gasteiger charge is 2.24. The van der Waals surface area contributed by atoms with E-state index in [9.17, 15) is 8.42 Å². The Morgan fingerprint density at radius 3 is 3.00 bits per heavy atom. The second kappa shape index (κ2) is 5.48. The van der Waals surface area contributed by atoms with Gasteiger partial charge in [-0.25, -0.2) is 13.4 Å². The van der Waals surface area contributed by atoms with Crippen LogP contribution >= 0.6 is 11.8 Å². The van der Waals surface area contributed by atoms with E-state index in [-0.39, 0.29) is 0 Å². The first-order chi connectivity index (χ1) is 8.52. The van der Waals surface area contributed by atoms with Crippen LogP contribution in [0, 0.1) is 0 Å². The van der Waals surface area contributed by atoms with E-state index in [0.717, 1.165) is 25.3 Å². The van der Waals surface area contributed by atoms with Crippen LogP contribution in [0.15, 0.2) is 23.2 Å². The molecule has 0 aromatic carbocycles. The van der Waals surface area contributed by atoms with E-state index in [2.05, 4.69) is 16.8 Å². The number of aromatic nitrogens is 1. The van der Waals surface area contributed by atoms with Crippen LogP contribution in [-0.2, 0) is 9.84 Å². The summed E-state index contributed by atoms with van der Waals surface area (Å²) in [7, 11) is -3.22. The molecule has 1 aromatic rings. The summed E-state index contributed by atoms with van der Waals surface area (Å²) >= 11 is 1.96. The maximum absolute atomic E-state index is 11.8. The zero-order valence-electron chi connectivity index (χ0n) is 10.7. The molecule has 100 valence electrons. The minimum absolute atomic E-state index is 0.340.